The average molecular weight is 367 g/mol. The predicted octanol–water partition coefficient (Wildman–Crippen LogP) is 4.01. The summed E-state index contributed by atoms with van der Waals surface area (Å²) in [7, 11) is 0. The molecule has 0 aliphatic heterocycles. The maximum absolute atomic E-state index is 12.2. The lowest BCUT2D eigenvalue weighted by atomic mass is 10.1. The number of hydrogen-bond donors (Lipinski definition) is 3. The van der Waals surface area contributed by atoms with E-state index in [0.717, 1.165) is 5.56 Å². The minimum Gasteiger partial charge on any atom is -0.490 e. The summed E-state index contributed by atoms with van der Waals surface area (Å²) in [6.07, 6.45) is 0.347. The molecule has 2 aromatic carbocycles. The fourth-order valence-corrected chi connectivity index (χ4v) is 2.40. The van der Waals surface area contributed by atoms with Crippen LogP contribution in [0.2, 0.25) is 0 Å². The van der Waals surface area contributed by atoms with E-state index in [-0.39, 0.29) is 12.5 Å². The maximum Gasteiger partial charge on any atom is 0.323 e. The second-order valence-corrected chi connectivity index (χ2v) is 6.16. The van der Waals surface area contributed by atoms with E-state index < -0.39 is 12.0 Å². The topological polar surface area (TPSA) is 111 Å². The normalized spacial score (nSPS) is 10.1. The number of rotatable bonds is 7. The number of nitrogens with one attached hydrogen (secondary N) is 2. The van der Waals surface area contributed by atoms with Crippen molar-refractivity contribution in [2.45, 2.75) is 32.8 Å². The quantitative estimate of drug-likeness (QED) is 0.685. The smallest absolute Gasteiger partial charge is 0.323 e. The first kappa shape index (κ1) is 19.8. The molecule has 2 amide bonds. The minimum atomic E-state index is -0.871. The molecule has 0 saturated carbocycles. The van der Waals surface area contributed by atoms with Crippen molar-refractivity contribution in [3.63, 3.8) is 0 Å². The lowest BCUT2D eigenvalue weighted by Gasteiger charge is -2.13. The summed E-state index contributed by atoms with van der Waals surface area (Å²) in [5.41, 5.74) is 2.16. The van der Waals surface area contributed by atoms with Crippen LogP contribution >= 0.6 is 0 Å². The number of carboxylic acids is 1. The number of anilines is 2. The minimum absolute atomic E-state index is 0.0252. The fraction of sp³-hybridized carbons (Fsp3) is 0.250. The second kappa shape index (κ2) is 9.25. The highest BCUT2D eigenvalue weighted by atomic mass is 16.5. The van der Waals surface area contributed by atoms with E-state index in [1.807, 2.05) is 13.8 Å². The molecule has 0 radical (unpaired) electrons. The van der Waals surface area contributed by atoms with Gasteiger partial charge in [-0.1, -0.05) is 12.1 Å². The molecule has 0 spiro atoms. The predicted molar refractivity (Wildman–Crippen MR) is 102 cm³/mol. The van der Waals surface area contributed by atoms with Crippen molar-refractivity contribution in [1.29, 1.82) is 5.26 Å². The second-order valence-electron chi connectivity index (χ2n) is 6.16. The van der Waals surface area contributed by atoms with Gasteiger partial charge in [0.2, 0.25) is 0 Å². The molecule has 140 valence electrons. The summed E-state index contributed by atoms with van der Waals surface area (Å²) in [6.45, 7) is 3.73. The molecule has 27 heavy (non-hydrogen) atoms. The van der Waals surface area contributed by atoms with Crippen molar-refractivity contribution < 1.29 is 19.4 Å². The van der Waals surface area contributed by atoms with Gasteiger partial charge in [0.15, 0.2) is 0 Å². The van der Waals surface area contributed by atoms with Crippen LogP contribution in [0.25, 0.3) is 0 Å². The number of amides is 2. The lowest BCUT2D eigenvalue weighted by molar-refractivity contribution is -0.136. The van der Waals surface area contributed by atoms with Gasteiger partial charge >= 0.3 is 12.0 Å². The van der Waals surface area contributed by atoms with Crippen molar-refractivity contribution in [3.8, 4) is 11.8 Å². The Morgan fingerprint density at radius 2 is 1.85 bits per heavy atom. The number of urea groups is 1. The Bertz CT molecular complexity index is 872. The third-order valence-corrected chi connectivity index (χ3v) is 3.53. The van der Waals surface area contributed by atoms with Crippen LogP contribution < -0.4 is 15.4 Å². The molecule has 0 saturated heterocycles. The zero-order valence-electron chi connectivity index (χ0n) is 15.2. The monoisotopic (exact) mass is 367 g/mol. The van der Waals surface area contributed by atoms with Crippen molar-refractivity contribution >= 4 is 23.4 Å². The molecule has 7 heteroatoms. The standard InChI is InChI=1S/C20H21N3O4/c1-13(2)27-18-8-7-17(11-15(18)12-21)23-20(26)22-16-5-3-4-14(10-16)6-9-19(24)25/h3-5,7-8,10-11,13H,6,9H2,1-2H3,(H,24,25)(H2,22,23,26). The molecule has 7 nitrogen and oxygen atoms in total. The molecule has 2 aromatic rings. The van der Waals surface area contributed by atoms with Gasteiger partial charge in [-0.2, -0.15) is 5.26 Å². The van der Waals surface area contributed by atoms with Crippen molar-refractivity contribution in [3.05, 3.63) is 53.6 Å². The van der Waals surface area contributed by atoms with Gasteiger partial charge in [0.05, 0.1) is 11.7 Å². The van der Waals surface area contributed by atoms with E-state index in [2.05, 4.69) is 16.7 Å². The summed E-state index contributed by atoms with van der Waals surface area (Å²) in [5.74, 6) is -0.408. The first-order chi connectivity index (χ1) is 12.9. The van der Waals surface area contributed by atoms with Crippen LogP contribution in [0, 0.1) is 11.3 Å². The highest BCUT2D eigenvalue weighted by Crippen LogP contribution is 2.23. The van der Waals surface area contributed by atoms with E-state index in [1.165, 1.54) is 0 Å². The van der Waals surface area contributed by atoms with Crippen molar-refractivity contribution in [2.75, 3.05) is 10.6 Å². The number of benzene rings is 2. The molecule has 0 aromatic heterocycles. The van der Waals surface area contributed by atoms with Crippen LogP contribution in [0.5, 0.6) is 5.75 Å². The Morgan fingerprint density at radius 1 is 1.15 bits per heavy atom. The van der Waals surface area contributed by atoms with Gasteiger partial charge in [0, 0.05) is 17.8 Å². The van der Waals surface area contributed by atoms with Crippen LogP contribution in [0.3, 0.4) is 0 Å². The molecule has 0 unspecified atom stereocenters. The summed E-state index contributed by atoms with van der Waals surface area (Å²) in [6, 6.07) is 13.4. The van der Waals surface area contributed by atoms with E-state index >= 15 is 0 Å². The van der Waals surface area contributed by atoms with Gasteiger partial charge < -0.3 is 20.5 Å². The Labute approximate surface area is 157 Å². The first-order valence-corrected chi connectivity index (χ1v) is 8.47. The van der Waals surface area contributed by atoms with Crippen LogP contribution in [0.15, 0.2) is 42.5 Å². The number of carbonyl (C=O) groups is 2. The number of carbonyl (C=O) groups excluding carboxylic acids is 1. The van der Waals surface area contributed by atoms with Gasteiger partial charge in [0.1, 0.15) is 11.8 Å². The average Bonchev–Trinajstić information content (AvgIpc) is 2.61. The maximum atomic E-state index is 12.2. The zero-order chi connectivity index (χ0) is 19.8. The van der Waals surface area contributed by atoms with Crippen LogP contribution in [-0.2, 0) is 11.2 Å². The van der Waals surface area contributed by atoms with Crippen LogP contribution in [0.4, 0.5) is 16.2 Å². The highest BCUT2D eigenvalue weighted by molar-refractivity contribution is 5.99. The van der Waals surface area contributed by atoms with E-state index in [1.54, 1.807) is 42.5 Å². The number of hydrogen-bond acceptors (Lipinski definition) is 4. The summed E-state index contributed by atoms with van der Waals surface area (Å²) < 4.78 is 5.55. The Kier molecular flexibility index (Phi) is 6.78. The lowest BCUT2D eigenvalue weighted by Crippen LogP contribution is -2.19. The van der Waals surface area contributed by atoms with E-state index in [4.69, 9.17) is 9.84 Å². The molecule has 0 bridgehead atoms. The largest absolute Gasteiger partial charge is 0.490 e. The SMILES string of the molecule is CC(C)Oc1ccc(NC(=O)Nc2cccc(CCC(=O)O)c2)cc1C#N. The number of aryl methyl sites for hydroxylation is 1. The Hall–Kier alpha value is -3.53. The number of aliphatic carboxylic acids is 1. The van der Waals surface area contributed by atoms with Gasteiger partial charge in [-0.05, 0) is 56.2 Å². The molecule has 0 heterocycles. The number of nitrogens with zero attached hydrogens (tertiary/aromatic N) is 1. The third kappa shape index (κ3) is 6.36. The number of carboxylic acid groups (broad SMARTS) is 1. The summed E-state index contributed by atoms with van der Waals surface area (Å²) in [5, 5.41) is 23.4. The van der Waals surface area contributed by atoms with Crippen molar-refractivity contribution in [1.82, 2.24) is 0 Å². The molecule has 0 aliphatic rings. The van der Waals surface area contributed by atoms with Crippen LogP contribution in [-0.4, -0.2) is 23.2 Å². The third-order valence-electron chi connectivity index (χ3n) is 3.53. The molecular weight excluding hydrogens is 346 g/mol. The highest BCUT2D eigenvalue weighted by Gasteiger charge is 2.09. The molecule has 2 rings (SSSR count). The molecule has 0 atom stereocenters. The Morgan fingerprint density at radius 3 is 2.48 bits per heavy atom. The van der Waals surface area contributed by atoms with Gasteiger partial charge in [-0.25, -0.2) is 4.79 Å². The number of ether oxygens (including phenoxy) is 1. The molecule has 0 aliphatic carbocycles. The summed E-state index contributed by atoms with van der Waals surface area (Å²) in [4.78, 5) is 22.9. The van der Waals surface area contributed by atoms with E-state index in [0.29, 0.717) is 29.1 Å². The first-order valence-electron chi connectivity index (χ1n) is 8.47. The van der Waals surface area contributed by atoms with Gasteiger partial charge in [-0.15, -0.1) is 0 Å². The fourth-order valence-electron chi connectivity index (χ4n) is 2.40. The molecular formula is C20H21N3O4. The molecule has 3 N–H and O–H groups in total. The van der Waals surface area contributed by atoms with Gasteiger partial charge in [-0.3, -0.25) is 4.79 Å². The zero-order valence-corrected chi connectivity index (χ0v) is 15.2. The molecule has 0 fully saturated rings. The van der Waals surface area contributed by atoms with Crippen LogP contribution in [0.1, 0.15) is 31.4 Å². The summed E-state index contributed by atoms with van der Waals surface area (Å²) >= 11 is 0. The number of nitriles is 1. The van der Waals surface area contributed by atoms with Crippen molar-refractivity contribution in [2.24, 2.45) is 0 Å². The Balaban J connectivity index is 2.02. The van der Waals surface area contributed by atoms with Gasteiger partial charge in [0.25, 0.3) is 0 Å². The van der Waals surface area contributed by atoms with E-state index in [9.17, 15) is 14.9 Å².